The Morgan fingerprint density at radius 1 is 1.69 bits per heavy atom. The van der Waals surface area contributed by atoms with Gasteiger partial charge in [0.15, 0.2) is 0 Å². The van der Waals surface area contributed by atoms with Crippen molar-refractivity contribution < 1.29 is 9.21 Å². The van der Waals surface area contributed by atoms with Crippen molar-refractivity contribution in [1.82, 2.24) is 5.32 Å². The zero-order chi connectivity index (χ0) is 11.7. The van der Waals surface area contributed by atoms with Crippen LogP contribution in [0.25, 0.3) is 0 Å². The second-order valence-corrected chi connectivity index (χ2v) is 4.55. The molecule has 1 amide bonds. The molecule has 16 heavy (non-hydrogen) atoms. The van der Waals surface area contributed by atoms with Crippen LogP contribution in [0.3, 0.4) is 0 Å². The van der Waals surface area contributed by atoms with E-state index in [0.29, 0.717) is 22.2 Å². The minimum absolute atomic E-state index is 0.170. The molecular weight excluding hydrogens is 224 g/mol. The highest BCUT2D eigenvalue weighted by molar-refractivity contribution is 7.80. The molecule has 0 radical (unpaired) electrons. The number of hydrogen-bond acceptors (Lipinski definition) is 3. The zero-order valence-corrected chi connectivity index (χ0v) is 9.84. The second-order valence-electron chi connectivity index (χ2n) is 4.08. The van der Waals surface area contributed by atoms with Crippen LogP contribution >= 0.6 is 12.2 Å². The van der Waals surface area contributed by atoms with Gasteiger partial charge in [-0.1, -0.05) is 12.2 Å². The summed E-state index contributed by atoms with van der Waals surface area (Å²) in [4.78, 5) is 12.2. The Morgan fingerprint density at radius 2 is 2.38 bits per heavy atom. The average Bonchev–Trinajstić information content (AvgIpc) is 2.96. The minimum atomic E-state index is -0.184. The second kappa shape index (κ2) is 4.25. The average molecular weight is 238 g/mol. The molecule has 0 spiro atoms. The van der Waals surface area contributed by atoms with Crippen molar-refractivity contribution in [3.8, 4) is 0 Å². The molecule has 4 nitrogen and oxygen atoms in total. The minimum Gasteiger partial charge on any atom is -0.469 e. The number of aryl methyl sites for hydroxylation is 1. The smallest absolute Gasteiger partial charge is 0.255 e. The van der Waals surface area contributed by atoms with Gasteiger partial charge in [-0.15, -0.1) is 0 Å². The lowest BCUT2D eigenvalue weighted by Crippen LogP contribution is -2.45. The maximum absolute atomic E-state index is 11.9. The van der Waals surface area contributed by atoms with Crippen LogP contribution in [0.2, 0.25) is 0 Å². The summed E-state index contributed by atoms with van der Waals surface area (Å²) in [6.07, 6.45) is 3.65. The van der Waals surface area contributed by atoms with Gasteiger partial charge in [0.05, 0.1) is 22.9 Å². The molecule has 1 aromatic rings. The van der Waals surface area contributed by atoms with Gasteiger partial charge in [-0.3, -0.25) is 4.79 Å². The Hall–Kier alpha value is -1.36. The maximum atomic E-state index is 11.9. The molecule has 1 unspecified atom stereocenters. The Bertz CT molecular complexity index is 423. The number of nitrogens with two attached hydrogens (primary N) is 1. The zero-order valence-electron chi connectivity index (χ0n) is 9.03. The molecule has 1 saturated carbocycles. The summed E-state index contributed by atoms with van der Waals surface area (Å²) in [6, 6.07) is 1.46. The molecule has 2 rings (SSSR count). The largest absolute Gasteiger partial charge is 0.469 e. The van der Waals surface area contributed by atoms with E-state index in [9.17, 15) is 4.79 Å². The molecule has 0 saturated heterocycles. The number of furan rings is 1. The van der Waals surface area contributed by atoms with Crippen LogP contribution in [0.5, 0.6) is 0 Å². The summed E-state index contributed by atoms with van der Waals surface area (Å²) in [5.41, 5.74) is 6.15. The highest BCUT2D eigenvalue weighted by atomic mass is 32.1. The first-order valence-corrected chi connectivity index (χ1v) is 5.64. The predicted molar refractivity (Wildman–Crippen MR) is 64.2 cm³/mol. The van der Waals surface area contributed by atoms with E-state index in [0.717, 1.165) is 12.8 Å². The SMILES string of the molecule is Cc1occc1C(=O)NC(C(N)=S)C1CC1. The lowest BCUT2D eigenvalue weighted by atomic mass is 10.1. The van der Waals surface area contributed by atoms with Crippen molar-refractivity contribution in [2.24, 2.45) is 11.7 Å². The van der Waals surface area contributed by atoms with Crippen molar-refractivity contribution in [3.63, 3.8) is 0 Å². The summed E-state index contributed by atoms with van der Waals surface area (Å²) in [5.74, 6) is 0.847. The van der Waals surface area contributed by atoms with E-state index in [4.69, 9.17) is 22.4 Å². The van der Waals surface area contributed by atoms with Gasteiger partial charge in [0, 0.05) is 0 Å². The van der Waals surface area contributed by atoms with Crippen molar-refractivity contribution in [2.45, 2.75) is 25.8 Å². The van der Waals surface area contributed by atoms with E-state index < -0.39 is 0 Å². The molecule has 5 heteroatoms. The first-order valence-electron chi connectivity index (χ1n) is 5.24. The first kappa shape index (κ1) is 11.1. The van der Waals surface area contributed by atoms with Crippen molar-refractivity contribution in [2.75, 3.05) is 0 Å². The Morgan fingerprint density at radius 3 is 2.81 bits per heavy atom. The summed E-state index contributed by atoms with van der Waals surface area (Å²) >= 11 is 4.95. The lowest BCUT2D eigenvalue weighted by molar-refractivity contribution is 0.0942. The van der Waals surface area contributed by atoms with Gasteiger partial charge in [0.1, 0.15) is 5.76 Å². The molecule has 1 aliphatic carbocycles. The molecule has 1 fully saturated rings. The van der Waals surface area contributed by atoms with E-state index >= 15 is 0 Å². The summed E-state index contributed by atoms with van der Waals surface area (Å²) in [5, 5.41) is 2.86. The molecule has 1 aromatic heterocycles. The van der Waals surface area contributed by atoms with Crippen molar-refractivity contribution in [3.05, 3.63) is 23.7 Å². The van der Waals surface area contributed by atoms with Gasteiger partial charge in [0.25, 0.3) is 5.91 Å². The van der Waals surface area contributed by atoms with Crippen molar-refractivity contribution >= 4 is 23.1 Å². The summed E-state index contributed by atoms with van der Waals surface area (Å²) in [7, 11) is 0. The molecule has 0 bridgehead atoms. The van der Waals surface area contributed by atoms with Gasteiger partial charge >= 0.3 is 0 Å². The standard InChI is InChI=1S/C11H14N2O2S/c1-6-8(4-5-15-6)11(14)13-9(10(12)16)7-2-3-7/h4-5,7,9H,2-3H2,1H3,(H2,12,16)(H,13,14). The first-order chi connectivity index (χ1) is 7.59. The predicted octanol–water partition coefficient (Wildman–Crippen LogP) is 1.38. The summed E-state index contributed by atoms with van der Waals surface area (Å²) in [6.45, 7) is 1.75. The molecule has 1 aliphatic rings. The number of amides is 1. The number of hydrogen-bond donors (Lipinski definition) is 2. The van der Waals surface area contributed by atoms with Crippen LogP contribution < -0.4 is 11.1 Å². The van der Waals surface area contributed by atoms with Gasteiger partial charge in [-0.25, -0.2) is 0 Å². The molecule has 86 valence electrons. The highest BCUT2D eigenvalue weighted by Crippen LogP contribution is 2.33. The van der Waals surface area contributed by atoms with E-state index in [1.165, 1.54) is 6.26 Å². The summed E-state index contributed by atoms with van der Waals surface area (Å²) < 4.78 is 5.08. The number of carbonyl (C=O) groups excluding carboxylic acids is 1. The number of thiocarbonyl (C=S) groups is 1. The molecule has 0 aromatic carbocycles. The molecule has 0 aliphatic heterocycles. The topological polar surface area (TPSA) is 68.3 Å². The monoisotopic (exact) mass is 238 g/mol. The van der Waals surface area contributed by atoms with Crippen LogP contribution in [0, 0.1) is 12.8 Å². The number of carbonyl (C=O) groups is 1. The maximum Gasteiger partial charge on any atom is 0.255 e. The number of nitrogens with one attached hydrogen (secondary N) is 1. The van der Waals surface area contributed by atoms with Gasteiger partial charge in [-0.2, -0.15) is 0 Å². The van der Waals surface area contributed by atoms with E-state index in [1.807, 2.05) is 0 Å². The normalized spacial score (nSPS) is 16.8. The van der Waals surface area contributed by atoms with E-state index in [1.54, 1.807) is 13.0 Å². The molecule has 3 N–H and O–H groups in total. The van der Waals surface area contributed by atoms with Crippen LogP contribution in [0.4, 0.5) is 0 Å². The molecule has 1 heterocycles. The third-order valence-electron chi connectivity index (χ3n) is 2.79. The van der Waals surface area contributed by atoms with Crippen molar-refractivity contribution in [1.29, 1.82) is 0 Å². The van der Waals surface area contributed by atoms with E-state index in [2.05, 4.69) is 5.32 Å². The fourth-order valence-electron chi connectivity index (χ4n) is 1.69. The number of rotatable bonds is 4. The highest BCUT2D eigenvalue weighted by Gasteiger charge is 2.34. The third kappa shape index (κ3) is 2.24. The lowest BCUT2D eigenvalue weighted by Gasteiger charge is -2.16. The quantitative estimate of drug-likeness (QED) is 0.778. The fourth-order valence-corrected chi connectivity index (χ4v) is 1.94. The fraction of sp³-hybridized carbons (Fsp3) is 0.455. The molecule has 1 atom stereocenters. The van der Waals surface area contributed by atoms with Gasteiger partial charge in [0.2, 0.25) is 0 Å². The Kier molecular flexibility index (Phi) is 2.96. The van der Waals surface area contributed by atoms with E-state index in [-0.39, 0.29) is 11.9 Å². The van der Waals surface area contributed by atoms with Crippen LogP contribution in [0.15, 0.2) is 16.7 Å². The van der Waals surface area contributed by atoms with Gasteiger partial charge in [-0.05, 0) is 31.7 Å². The Labute approximate surface area is 99.2 Å². The van der Waals surface area contributed by atoms with Crippen LogP contribution in [-0.4, -0.2) is 16.9 Å². The van der Waals surface area contributed by atoms with Gasteiger partial charge < -0.3 is 15.5 Å². The van der Waals surface area contributed by atoms with Crippen LogP contribution in [0.1, 0.15) is 29.0 Å². The molecular formula is C11H14N2O2S. The Balaban J connectivity index is 2.06. The third-order valence-corrected chi connectivity index (χ3v) is 3.04. The van der Waals surface area contributed by atoms with Crippen LogP contribution in [-0.2, 0) is 0 Å².